The van der Waals surface area contributed by atoms with Crippen LogP contribution in [-0.2, 0) is 16.1 Å². The molecule has 0 saturated carbocycles. The van der Waals surface area contributed by atoms with Crippen molar-refractivity contribution in [3.05, 3.63) is 53.7 Å². The van der Waals surface area contributed by atoms with E-state index >= 15 is 0 Å². The van der Waals surface area contributed by atoms with E-state index in [1.54, 1.807) is 24.2 Å². The number of carbonyl (C=O) groups excluding carboxylic acids is 2. The van der Waals surface area contributed by atoms with E-state index in [1.807, 2.05) is 37.3 Å². The predicted molar refractivity (Wildman–Crippen MR) is 94.9 cm³/mol. The van der Waals surface area contributed by atoms with Gasteiger partial charge >= 0.3 is 0 Å². The Morgan fingerprint density at radius 3 is 2.96 bits per heavy atom. The number of thioether (sulfide) groups is 1. The number of nitrogens with one attached hydrogen (secondary N) is 1. The third kappa shape index (κ3) is 3.59. The lowest BCUT2D eigenvalue weighted by Crippen LogP contribution is -2.41. The van der Waals surface area contributed by atoms with E-state index in [0.29, 0.717) is 6.54 Å². The fraction of sp³-hybridized carbons (Fsp3) is 0.278. The van der Waals surface area contributed by atoms with E-state index in [0.717, 1.165) is 21.8 Å². The van der Waals surface area contributed by atoms with Crippen LogP contribution in [0.5, 0.6) is 0 Å². The van der Waals surface area contributed by atoms with Crippen molar-refractivity contribution in [2.45, 2.75) is 30.2 Å². The van der Waals surface area contributed by atoms with Crippen molar-refractivity contribution in [1.82, 2.24) is 10.3 Å². The van der Waals surface area contributed by atoms with Gasteiger partial charge in [-0.05, 0) is 24.6 Å². The van der Waals surface area contributed by atoms with E-state index in [4.69, 9.17) is 0 Å². The highest BCUT2D eigenvalue weighted by Crippen LogP contribution is 2.37. The number of pyridine rings is 1. The van der Waals surface area contributed by atoms with Crippen LogP contribution in [0, 0.1) is 6.92 Å². The molecule has 2 amide bonds. The van der Waals surface area contributed by atoms with Gasteiger partial charge < -0.3 is 10.2 Å². The fourth-order valence-corrected chi connectivity index (χ4v) is 3.85. The van der Waals surface area contributed by atoms with Crippen molar-refractivity contribution in [1.29, 1.82) is 0 Å². The first-order valence-corrected chi connectivity index (χ1v) is 8.64. The van der Waals surface area contributed by atoms with E-state index in [2.05, 4.69) is 10.3 Å². The number of aromatic nitrogens is 1. The lowest BCUT2D eigenvalue weighted by Gasteiger charge is -2.29. The van der Waals surface area contributed by atoms with Crippen molar-refractivity contribution in [3.63, 3.8) is 0 Å². The summed E-state index contributed by atoms with van der Waals surface area (Å²) in [7, 11) is 1.72. The van der Waals surface area contributed by atoms with Gasteiger partial charge in [-0.2, -0.15) is 0 Å². The minimum Gasteiger partial charge on any atom is -0.352 e. The number of nitrogens with zero attached hydrogens (tertiary/aromatic N) is 2. The van der Waals surface area contributed by atoms with Gasteiger partial charge in [0.25, 0.3) is 0 Å². The highest BCUT2D eigenvalue weighted by Gasteiger charge is 2.33. The standard InChI is InChI=1S/C18H19N3O2S/c1-12-5-3-6-13(9-12)11-20-16(22)10-15-18(23)21(2)14-7-4-8-19-17(14)24-15/h3-9,15H,10-11H2,1-2H3,(H,20,22)/t15-/m1/s1. The molecule has 24 heavy (non-hydrogen) atoms. The van der Waals surface area contributed by atoms with E-state index in [9.17, 15) is 9.59 Å². The normalized spacial score (nSPS) is 16.7. The molecular weight excluding hydrogens is 322 g/mol. The van der Waals surface area contributed by atoms with Gasteiger partial charge in [0.05, 0.1) is 10.9 Å². The molecular formula is C18H19N3O2S. The Hall–Kier alpha value is -2.34. The molecule has 1 aliphatic heterocycles. The zero-order valence-electron chi connectivity index (χ0n) is 13.7. The molecule has 1 aromatic heterocycles. The molecule has 2 heterocycles. The number of anilines is 1. The lowest BCUT2D eigenvalue weighted by atomic mass is 10.1. The van der Waals surface area contributed by atoms with Crippen LogP contribution < -0.4 is 10.2 Å². The van der Waals surface area contributed by atoms with Crippen LogP contribution in [0.2, 0.25) is 0 Å². The summed E-state index contributed by atoms with van der Waals surface area (Å²) in [5, 5.41) is 3.24. The number of rotatable bonds is 4. The fourth-order valence-electron chi connectivity index (χ4n) is 2.64. The Bertz CT molecular complexity index is 778. The maximum atomic E-state index is 12.4. The van der Waals surface area contributed by atoms with Crippen molar-refractivity contribution < 1.29 is 9.59 Å². The maximum absolute atomic E-state index is 12.4. The number of benzene rings is 1. The molecule has 0 saturated heterocycles. The van der Waals surface area contributed by atoms with Gasteiger partial charge in [0.15, 0.2) is 0 Å². The number of fused-ring (bicyclic) bond motifs is 1. The number of hydrogen-bond acceptors (Lipinski definition) is 4. The third-order valence-corrected chi connectivity index (χ3v) is 5.11. The van der Waals surface area contributed by atoms with Gasteiger partial charge in [-0.3, -0.25) is 9.59 Å². The Morgan fingerprint density at radius 1 is 1.33 bits per heavy atom. The molecule has 1 N–H and O–H groups in total. The Kier molecular flexibility index (Phi) is 4.85. The number of aryl methyl sites for hydroxylation is 1. The Morgan fingerprint density at radius 2 is 2.17 bits per heavy atom. The van der Waals surface area contributed by atoms with Crippen molar-refractivity contribution in [2.75, 3.05) is 11.9 Å². The number of amides is 2. The summed E-state index contributed by atoms with van der Waals surface area (Å²) in [5.74, 6) is -0.193. The summed E-state index contributed by atoms with van der Waals surface area (Å²) in [6, 6.07) is 11.7. The second-order valence-electron chi connectivity index (χ2n) is 5.80. The van der Waals surface area contributed by atoms with Crippen LogP contribution in [-0.4, -0.2) is 29.1 Å². The average molecular weight is 341 g/mol. The van der Waals surface area contributed by atoms with Gasteiger partial charge in [0.2, 0.25) is 11.8 Å². The molecule has 0 bridgehead atoms. The number of hydrogen-bond donors (Lipinski definition) is 1. The molecule has 0 aliphatic carbocycles. The van der Waals surface area contributed by atoms with Gasteiger partial charge in [-0.15, -0.1) is 0 Å². The van der Waals surface area contributed by atoms with Crippen LogP contribution in [0.3, 0.4) is 0 Å². The topological polar surface area (TPSA) is 62.3 Å². The van der Waals surface area contributed by atoms with Gasteiger partial charge in [-0.25, -0.2) is 4.98 Å². The molecule has 0 fully saturated rings. The lowest BCUT2D eigenvalue weighted by molar-refractivity contribution is -0.124. The summed E-state index contributed by atoms with van der Waals surface area (Å²) < 4.78 is 0. The van der Waals surface area contributed by atoms with Gasteiger partial charge in [-0.1, -0.05) is 41.6 Å². The second-order valence-corrected chi connectivity index (χ2v) is 6.99. The van der Waals surface area contributed by atoms with Crippen LogP contribution in [0.25, 0.3) is 0 Å². The van der Waals surface area contributed by atoms with E-state index < -0.39 is 5.25 Å². The third-order valence-electron chi connectivity index (χ3n) is 3.92. The van der Waals surface area contributed by atoms with Crippen molar-refractivity contribution in [3.8, 4) is 0 Å². The maximum Gasteiger partial charge on any atom is 0.240 e. The first-order chi connectivity index (χ1) is 11.5. The van der Waals surface area contributed by atoms with Crippen LogP contribution in [0.1, 0.15) is 17.5 Å². The molecule has 1 aliphatic rings. The summed E-state index contributed by atoms with van der Waals surface area (Å²) in [6.07, 6.45) is 1.85. The van der Waals surface area contributed by atoms with E-state index in [-0.39, 0.29) is 18.2 Å². The summed E-state index contributed by atoms with van der Waals surface area (Å²) in [4.78, 5) is 30.5. The number of carbonyl (C=O) groups is 2. The molecule has 1 atom stereocenters. The highest BCUT2D eigenvalue weighted by molar-refractivity contribution is 8.00. The molecule has 2 aromatic rings. The molecule has 3 rings (SSSR count). The first-order valence-electron chi connectivity index (χ1n) is 7.76. The van der Waals surface area contributed by atoms with Gasteiger partial charge in [0.1, 0.15) is 5.03 Å². The SMILES string of the molecule is Cc1cccc(CNC(=O)C[C@H]2Sc3ncccc3N(C)C2=O)c1. The first kappa shape index (κ1) is 16.5. The van der Waals surface area contributed by atoms with Gasteiger partial charge in [0, 0.05) is 26.2 Å². The minimum atomic E-state index is -0.435. The molecule has 0 unspecified atom stereocenters. The predicted octanol–water partition coefficient (Wildman–Crippen LogP) is 2.53. The molecule has 1 aromatic carbocycles. The van der Waals surface area contributed by atoms with Crippen molar-refractivity contribution in [2.24, 2.45) is 0 Å². The molecule has 0 radical (unpaired) electrons. The van der Waals surface area contributed by atoms with Crippen molar-refractivity contribution >= 4 is 29.3 Å². The summed E-state index contributed by atoms with van der Waals surface area (Å²) in [5.41, 5.74) is 3.00. The largest absolute Gasteiger partial charge is 0.352 e. The molecule has 5 nitrogen and oxygen atoms in total. The minimum absolute atomic E-state index is 0.0637. The highest BCUT2D eigenvalue weighted by atomic mass is 32.2. The second kappa shape index (κ2) is 7.05. The van der Waals surface area contributed by atoms with Crippen LogP contribution in [0.4, 0.5) is 5.69 Å². The van der Waals surface area contributed by atoms with E-state index in [1.165, 1.54) is 11.8 Å². The molecule has 6 heteroatoms. The summed E-state index contributed by atoms with van der Waals surface area (Å²) >= 11 is 1.36. The molecule has 0 spiro atoms. The Labute approximate surface area is 145 Å². The quantitative estimate of drug-likeness (QED) is 0.928. The average Bonchev–Trinajstić information content (AvgIpc) is 2.58. The Balaban J connectivity index is 1.61. The zero-order chi connectivity index (χ0) is 17.1. The van der Waals surface area contributed by atoms with Crippen LogP contribution in [0.15, 0.2) is 47.6 Å². The molecule has 124 valence electrons. The monoisotopic (exact) mass is 341 g/mol. The zero-order valence-corrected chi connectivity index (χ0v) is 14.5. The smallest absolute Gasteiger partial charge is 0.240 e. The summed E-state index contributed by atoms with van der Waals surface area (Å²) in [6.45, 7) is 2.49. The van der Waals surface area contributed by atoms with Crippen LogP contribution >= 0.6 is 11.8 Å².